The molecular formula is C13H18Cl2O. The van der Waals surface area contributed by atoms with Crippen molar-refractivity contribution < 1.29 is 4.74 Å². The quantitative estimate of drug-likeness (QED) is 0.727. The Hall–Kier alpha value is -0.400. The number of halogens is 2. The van der Waals surface area contributed by atoms with Crippen LogP contribution in [-0.4, -0.2) is 18.9 Å². The van der Waals surface area contributed by atoms with Crippen LogP contribution in [0.4, 0.5) is 0 Å². The fourth-order valence-corrected chi connectivity index (χ4v) is 2.11. The molecule has 0 aliphatic carbocycles. The third-order valence-electron chi connectivity index (χ3n) is 2.70. The molecule has 0 heterocycles. The monoisotopic (exact) mass is 260 g/mol. The number of hydrogen-bond acceptors (Lipinski definition) is 1. The lowest BCUT2D eigenvalue weighted by molar-refractivity contribution is 0.384. The second-order valence-electron chi connectivity index (χ2n) is 4.57. The van der Waals surface area contributed by atoms with Gasteiger partial charge < -0.3 is 4.74 Å². The first kappa shape index (κ1) is 13.7. The summed E-state index contributed by atoms with van der Waals surface area (Å²) in [4.78, 5) is 0. The second-order valence-corrected chi connectivity index (χ2v) is 5.10. The molecule has 0 aliphatic rings. The smallest absolute Gasteiger partial charge is 0.122 e. The number of ether oxygens (including phenoxy) is 1. The number of alkyl halides is 2. The molecule has 0 saturated carbocycles. The van der Waals surface area contributed by atoms with Gasteiger partial charge in [-0.2, -0.15) is 0 Å². The highest BCUT2D eigenvalue weighted by Crippen LogP contribution is 2.30. The minimum absolute atomic E-state index is 0.0792. The van der Waals surface area contributed by atoms with Crippen LogP contribution in [0, 0.1) is 12.3 Å². The Morgan fingerprint density at radius 1 is 1.25 bits per heavy atom. The minimum Gasteiger partial charge on any atom is -0.496 e. The maximum Gasteiger partial charge on any atom is 0.122 e. The molecule has 0 aromatic heterocycles. The zero-order valence-corrected chi connectivity index (χ0v) is 11.5. The molecule has 0 atom stereocenters. The number of benzene rings is 1. The molecule has 1 aromatic carbocycles. The molecule has 0 unspecified atom stereocenters. The average molecular weight is 261 g/mol. The van der Waals surface area contributed by atoms with Crippen LogP contribution >= 0.6 is 23.2 Å². The van der Waals surface area contributed by atoms with Crippen LogP contribution in [0.25, 0.3) is 0 Å². The largest absolute Gasteiger partial charge is 0.496 e. The van der Waals surface area contributed by atoms with Crippen molar-refractivity contribution in [2.75, 3.05) is 18.9 Å². The van der Waals surface area contributed by atoms with Crippen LogP contribution in [0.5, 0.6) is 5.75 Å². The van der Waals surface area contributed by atoms with Crippen molar-refractivity contribution >= 4 is 23.2 Å². The van der Waals surface area contributed by atoms with Crippen LogP contribution in [0.15, 0.2) is 18.2 Å². The summed E-state index contributed by atoms with van der Waals surface area (Å²) in [6, 6.07) is 6.17. The Labute approximate surface area is 108 Å². The number of aryl methyl sites for hydroxylation is 1. The van der Waals surface area contributed by atoms with Crippen LogP contribution in [0.3, 0.4) is 0 Å². The average Bonchev–Trinajstić information content (AvgIpc) is 2.29. The maximum absolute atomic E-state index is 5.97. The van der Waals surface area contributed by atoms with E-state index in [1.807, 2.05) is 12.1 Å². The molecule has 1 rings (SSSR count). The van der Waals surface area contributed by atoms with Gasteiger partial charge in [0.25, 0.3) is 0 Å². The molecule has 1 aromatic rings. The molecule has 0 fully saturated rings. The topological polar surface area (TPSA) is 9.23 Å². The van der Waals surface area contributed by atoms with E-state index in [1.54, 1.807) is 7.11 Å². The molecule has 16 heavy (non-hydrogen) atoms. The summed E-state index contributed by atoms with van der Waals surface area (Å²) in [5.74, 6) is 2.01. The normalized spacial score (nSPS) is 11.6. The highest BCUT2D eigenvalue weighted by atomic mass is 35.5. The first-order valence-corrected chi connectivity index (χ1v) is 6.37. The predicted octanol–water partition coefficient (Wildman–Crippen LogP) is 4.03. The number of hydrogen-bond donors (Lipinski definition) is 0. The molecule has 0 spiro atoms. The van der Waals surface area contributed by atoms with E-state index in [1.165, 1.54) is 11.1 Å². The summed E-state index contributed by atoms with van der Waals surface area (Å²) in [5, 5.41) is 0. The van der Waals surface area contributed by atoms with Gasteiger partial charge in [0.05, 0.1) is 7.11 Å². The second kappa shape index (κ2) is 5.79. The third-order valence-corrected chi connectivity index (χ3v) is 3.99. The SMILES string of the molecule is COc1ccc(C)cc1CC(C)(CCl)CCl. The number of methoxy groups -OCH3 is 1. The number of rotatable bonds is 5. The van der Waals surface area contributed by atoms with E-state index in [9.17, 15) is 0 Å². The molecule has 0 N–H and O–H groups in total. The van der Waals surface area contributed by atoms with Crippen molar-refractivity contribution in [3.05, 3.63) is 29.3 Å². The van der Waals surface area contributed by atoms with Crippen LogP contribution < -0.4 is 4.74 Å². The Balaban J connectivity index is 2.98. The van der Waals surface area contributed by atoms with E-state index >= 15 is 0 Å². The lowest BCUT2D eigenvalue weighted by Gasteiger charge is -2.25. The van der Waals surface area contributed by atoms with E-state index in [4.69, 9.17) is 27.9 Å². The standard InChI is InChI=1S/C13H18Cl2O/c1-10-4-5-12(16-3)11(6-10)7-13(2,8-14)9-15/h4-6H,7-9H2,1-3H3. The van der Waals surface area contributed by atoms with E-state index in [0.29, 0.717) is 11.8 Å². The maximum atomic E-state index is 5.97. The molecule has 0 aliphatic heterocycles. The van der Waals surface area contributed by atoms with Gasteiger partial charge in [-0.25, -0.2) is 0 Å². The molecule has 1 nitrogen and oxygen atoms in total. The zero-order valence-electron chi connectivity index (χ0n) is 10.0. The van der Waals surface area contributed by atoms with Gasteiger partial charge in [0.1, 0.15) is 5.75 Å². The van der Waals surface area contributed by atoms with Gasteiger partial charge in [-0.1, -0.05) is 24.6 Å². The molecule has 90 valence electrons. The molecule has 0 bridgehead atoms. The highest BCUT2D eigenvalue weighted by Gasteiger charge is 2.24. The Kier molecular flexibility index (Phi) is 4.94. The van der Waals surface area contributed by atoms with E-state index in [2.05, 4.69) is 19.9 Å². The molecule has 0 saturated heterocycles. The minimum atomic E-state index is -0.0792. The molecule has 0 radical (unpaired) electrons. The van der Waals surface area contributed by atoms with Crippen molar-refractivity contribution in [2.24, 2.45) is 5.41 Å². The first-order chi connectivity index (χ1) is 7.54. The van der Waals surface area contributed by atoms with Crippen molar-refractivity contribution in [1.29, 1.82) is 0 Å². The first-order valence-electron chi connectivity index (χ1n) is 5.30. The Morgan fingerprint density at radius 3 is 2.38 bits per heavy atom. The van der Waals surface area contributed by atoms with Gasteiger partial charge >= 0.3 is 0 Å². The summed E-state index contributed by atoms with van der Waals surface area (Å²) >= 11 is 11.9. The molecule has 0 amide bonds. The van der Waals surface area contributed by atoms with Crippen LogP contribution in [0.2, 0.25) is 0 Å². The van der Waals surface area contributed by atoms with Crippen LogP contribution in [0.1, 0.15) is 18.1 Å². The highest BCUT2D eigenvalue weighted by molar-refractivity contribution is 6.21. The van der Waals surface area contributed by atoms with Gasteiger partial charge in [0, 0.05) is 11.8 Å². The Morgan fingerprint density at radius 2 is 1.88 bits per heavy atom. The van der Waals surface area contributed by atoms with E-state index in [0.717, 1.165) is 12.2 Å². The molecular weight excluding hydrogens is 243 g/mol. The van der Waals surface area contributed by atoms with Gasteiger partial charge in [-0.05, 0) is 30.4 Å². The summed E-state index contributed by atoms with van der Waals surface area (Å²) in [6.45, 7) is 4.16. The zero-order chi connectivity index (χ0) is 12.2. The van der Waals surface area contributed by atoms with Crippen molar-refractivity contribution in [2.45, 2.75) is 20.3 Å². The van der Waals surface area contributed by atoms with E-state index in [-0.39, 0.29) is 5.41 Å². The van der Waals surface area contributed by atoms with Crippen molar-refractivity contribution in [3.8, 4) is 5.75 Å². The fraction of sp³-hybridized carbons (Fsp3) is 0.538. The summed E-state index contributed by atoms with van der Waals surface area (Å²) in [7, 11) is 1.69. The Bertz CT molecular complexity index is 346. The summed E-state index contributed by atoms with van der Waals surface area (Å²) in [5.41, 5.74) is 2.32. The van der Waals surface area contributed by atoms with Gasteiger partial charge in [-0.15, -0.1) is 23.2 Å². The lowest BCUT2D eigenvalue weighted by atomic mass is 9.87. The fourth-order valence-electron chi connectivity index (χ4n) is 1.64. The van der Waals surface area contributed by atoms with Gasteiger partial charge in [0.15, 0.2) is 0 Å². The molecule has 3 heteroatoms. The third kappa shape index (κ3) is 3.29. The summed E-state index contributed by atoms with van der Waals surface area (Å²) < 4.78 is 5.35. The predicted molar refractivity (Wildman–Crippen MR) is 71.0 cm³/mol. The van der Waals surface area contributed by atoms with Gasteiger partial charge in [0.2, 0.25) is 0 Å². The van der Waals surface area contributed by atoms with Crippen molar-refractivity contribution in [1.82, 2.24) is 0 Å². The lowest BCUT2D eigenvalue weighted by Crippen LogP contribution is -2.24. The van der Waals surface area contributed by atoms with Gasteiger partial charge in [-0.3, -0.25) is 0 Å². The van der Waals surface area contributed by atoms with E-state index < -0.39 is 0 Å². The van der Waals surface area contributed by atoms with Crippen molar-refractivity contribution in [3.63, 3.8) is 0 Å². The van der Waals surface area contributed by atoms with Crippen LogP contribution in [-0.2, 0) is 6.42 Å². The summed E-state index contributed by atoms with van der Waals surface area (Å²) in [6.07, 6.45) is 0.838.